The highest BCUT2D eigenvalue weighted by molar-refractivity contribution is 7.15. The summed E-state index contributed by atoms with van der Waals surface area (Å²) < 4.78 is 15.9. The lowest BCUT2D eigenvalue weighted by Crippen LogP contribution is -2.25. The van der Waals surface area contributed by atoms with Crippen LogP contribution in [0, 0.1) is 11.7 Å². The summed E-state index contributed by atoms with van der Waals surface area (Å²) >= 11 is 1.30. The molecule has 3 aromatic rings. The van der Waals surface area contributed by atoms with Gasteiger partial charge in [-0.05, 0) is 49.8 Å². The molecule has 11 heteroatoms. The van der Waals surface area contributed by atoms with Gasteiger partial charge in [-0.3, -0.25) is 19.4 Å². The Morgan fingerprint density at radius 3 is 2.69 bits per heavy atom. The number of nitrogens with zero attached hydrogens (tertiary/aromatic N) is 4. The molecule has 1 aliphatic carbocycles. The molecule has 0 bridgehead atoms. The Kier molecular flexibility index (Phi) is 8.88. The van der Waals surface area contributed by atoms with Crippen LogP contribution >= 0.6 is 11.3 Å². The molecule has 2 N–H and O–H groups in total. The third-order valence-electron chi connectivity index (χ3n) is 6.15. The summed E-state index contributed by atoms with van der Waals surface area (Å²) in [4.78, 5) is 40.8. The largest absolute Gasteiger partial charge is 0.323 e. The lowest BCUT2D eigenvalue weighted by molar-refractivity contribution is -0.117. The maximum absolute atomic E-state index is 14.6. The second kappa shape index (κ2) is 12.5. The van der Waals surface area contributed by atoms with Crippen molar-refractivity contribution in [3.05, 3.63) is 63.5 Å². The van der Waals surface area contributed by atoms with Gasteiger partial charge in [0.25, 0.3) is 5.56 Å². The molecule has 3 aromatic heterocycles. The van der Waals surface area contributed by atoms with Gasteiger partial charge >= 0.3 is 0 Å². The van der Waals surface area contributed by atoms with Crippen molar-refractivity contribution in [1.82, 2.24) is 19.7 Å². The number of rotatable bonds is 11. The van der Waals surface area contributed by atoms with E-state index in [1.807, 2.05) is 6.07 Å². The molecule has 36 heavy (non-hydrogen) atoms. The van der Waals surface area contributed by atoms with Crippen LogP contribution in [-0.4, -0.2) is 31.6 Å². The summed E-state index contributed by atoms with van der Waals surface area (Å²) in [6, 6.07) is 6.83. The van der Waals surface area contributed by atoms with Crippen LogP contribution in [0.2, 0.25) is 0 Å². The predicted molar refractivity (Wildman–Crippen MR) is 135 cm³/mol. The monoisotopic (exact) mass is 512 g/mol. The predicted octanol–water partition coefficient (Wildman–Crippen LogP) is 3.96. The number of carbonyl (C=O) groups excluding carboxylic acids is 2. The van der Waals surface area contributed by atoms with Crippen molar-refractivity contribution in [1.29, 1.82) is 0 Å². The summed E-state index contributed by atoms with van der Waals surface area (Å²) in [5.74, 6) is -1.05. The second-order valence-corrected chi connectivity index (χ2v) is 10.0. The van der Waals surface area contributed by atoms with Crippen LogP contribution in [0.25, 0.3) is 0 Å². The molecule has 4 rings (SSSR count). The van der Waals surface area contributed by atoms with Crippen LogP contribution in [0.4, 0.5) is 15.2 Å². The lowest BCUT2D eigenvalue weighted by atomic mass is 10.0. The third kappa shape index (κ3) is 7.27. The lowest BCUT2D eigenvalue weighted by Gasteiger charge is -2.11. The van der Waals surface area contributed by atoms with Crippen molar-refractivity contribution in [2.24, 2.45) is 5.92 Å². The number of nitrogens with one attached hydrogen (secondary N) is 2. The number of carbonyl (C=O) groups is 2. The quantitative estimate of drug-likeness (QED) is 0.376. The third-order valence-corrected chi connectivity index (χ3v) is 7.05. The van der Waals surface area contributed by atoms with Gasteiger partial charge < -0.3 is 15.2 Å². The average Bonchev–Trinajstić information content (AvgIpc) is 3.53. The Morgan fingerprint density at radius 1 is 1.08 bits per heavy atom. The summed E-state index contributed by atoms with van der Waals surface area (Å²) in [6.45, 7) is 0.346. The number of anilines is 2. The van der Waals surface area contributed by atoms with Crippen molar-refractivity contribution >= 4 is 34.0 Å². The van der Waals surface area contributed by atoms with E-state index in [2.05, 4.69) is 25.8 Å². The molecule has 1 saturated carbocycles. The van der Waals surface area contributed by atoms with Crippen molar-refractivity contribution in [3.8, 4) is 0 Å². The van der Waals surface area contributed by atoms with Crippen LogP contribution < -0.4 is 16.2 Å². The van der Waals surface area contributed by atoms with Gasteiger partial charge in [0.05, 0.1) is 12.1 Å². The first-order valence-electron chi connectivity index (χ1n) is 12.2. The van der Waals surface area contributed by atoms with Crippen LogP contribution in [-0.2, 0) is 29.0 Å². The van der Waals surface area contributed by atoms with Crippen LogP contribution in [0.5, 0.6) is 0 Å². The van der Waals surface area contributed by atoms with E-state index < -0.39 is 11.4 Å². The highest BCUT2D eigenvalue weighted by Gasteiger charge is 2.20. The molecular formula is C25H29FN6O3S. The van der Waals surface area contributed by atoms with Crippen LogP contribution in [0.3, 0.4) is 0 Å². The molecule has 0 spiro atoms. The van der Waals surface area contributed by atoms with E-state index in [0.717, 1.165) is 30.7 Å². The van der Waals surface area contributed by atoms with Crippen molar-refractivity contribution in [3.63, 3.8) is 0 Å². The topological polar surface area (TPSA) is 119 Å². The van der Waals surface area contributed by atoms with Crippen molar-refractivity contribution < 1.29 is 14.0 Å². The molecule has 1 aliphatic rings. The molecule has 0 atom stereocenters. The fourth-order valence-corrected chi connectivity index (χ4v) is 5.09. The van der Waals surface area contributed by atoms with Gasteiger partial charge in [-0.1, -0.05) is 30.2 Å². The summed E-state index contributed by atoms with van der Waals surface area (Å²) in [7, 11) is 0. The zero-order valence-electron chi connectivity index (χ0n) is 19.9. The molecule has 2 amide bonds. The van der Waals surface area contributed by atoms with E-state index in [0.29, 0.717) is 49.0 Å². The minimum atomic E-state index is -0.938. The van der Waals surface area contributed by atoms with E-state index in [1.54, 1.807) is 18.3 Å². The molecule has 0 aliphatic heterocycles. The van der Waals surface area contributed by atoms with E-state index in [-0.39, 0.29) is 23.9 Å². The molecule has 3 heterocycles. The van der Waals surface area contributed by atoms with E-state index >= 15 is 0 Å². The SMILES string of the molecule is O=C(Cc1ccccn1)Nc1nnc(CCCCn2ccc(NC(=O)CC3CCCC3)c(F)c2=O)s1. The number of aromatic nitrogens is 4. The van der Waals surface area contributed by atoms with E-state index in [1.165, 1.54) is 28.2 Å². The molecule has 9 nitrogen and oxygen atoms in total. The zero-order chi connectivity index (χ0) is 25.3. The first-order chi connectivity index (χ1) is 17.5. The van der Waals surface area contributed by atoms with Crippen molar-refractivity contribution in [2.45, 2.75) is 64.3 Å². The highest BCUT2D eigenvalue weighted by atomic mass is 32.1. The molecule has 1 fully saturated rings. The fraction of sp³-hybridized carbons (Fsp3) is 0.440. The summed E-state index contributed by atoms with van der Waals surface area (Å²) in [5.41, 5.74) is -0.140. The minimum Gasteiger partial charge on any atom is -0.323 e. The summed E-state index contributed by atoms with van der Waals surface area (Å²) in [5, 5.41) is 14.6. The number of pyridine rings is 2. The van der Waals surface area contributed by atoms with Gasteiger partial charge in [-0.2, -0.15) is 4.39 Å². The first kappa shape index (κ1) is 25.6. The number of unbranched alkanes of at least 4 members (excludes halogenated alkanes) is 1. The number of hydrogen-bond donors (Lipinski definition) is 2. The number of aryl methyl sites for hydroxylation is 2. The first-order valence-corrected chi connectivity index (χ1v) is 13.0. The Labute approximate surface area is 212 Å². The Morgan fingerprint density at radius 2 is 1.92 bits per heavy atom. The maximum Gasteiger partial charge on any atom is 0.288 e. The van der Waals surface area contributed by atoms with Gasteiger partial charge in [0.2, 0.25) is 22.8 Å². The van der Waals surface area contributed by atoms with Crippen LogP contribution in [0.15, 0.2) is 41.5 Å². The van der Waals surface area contributed by atoms with Gasteiger partial charge in [0, 0.05) is 37.5 Å². The van der Waals surface area contributed by atoms with E-state index in [9.17, 15) is 18.8 Å². The molecule has 0 aromatic carbocycles. The number of hydrogen-bond acceptors (Lipinski definition) is 7. The summed E-state index contributed by atoms with van der Waals surface area (Å²) in [6.07, 6.45) is 9.95. The van der Waals surface area contributed by atoms with Gasteiger partial charge in [0.15, 0.2) is 0 Å². The molecule has 190 valence electrons. The molecule has 0 saturated heterocycles. The average molecular weight is 513 g/mol. The van der Waals surface area contributed by atoms with E-state index in [4.69, 9.17) is 0 Å². The Bertz CT molecular complexity index is 1240. The number of halogens is 1. The maximum atomic E-state index is 14.6. The standard InChI is InChI=1S/C25H29FN6O3S/c26-23-19(28-20(33)15-17-7-1-2-8-17)11-14-32(24(23)35)13-6-4-10-22-30-31-25(36-22)29-21(34)16-18-9-3-5-12-27-18/h3,5,9,11-12,14,17H,1-2,4,6-8,10,13,15-16H2,(H,28,33)(H,29,31,34). The van der Waals surface area contributed by atoms with Crippen LogP contribution in [0.1, 0.15) is 55.6 Å². The van der Waals surface area contributed by atoms with Gasteiger partial charge in [-0.25, -0.2) is 0 Å². The smallest absolute Gasteiger partial charge is 0.288 e. The Hall–Kier alpha value is -3.47. The second-order valence-electron chi connectivity index (χ2n) is 8.95. The molecule has 0 unspecified atom stereocenters. The van der Waals surface area contributed by atoms with Crippen molar-refractivity contribution in [2.75, 3.05) is 10.6 Å². The Balaban J connectivity index is 1.20. The zero-order valence-corrected chi connectivity index (χ0v) is 20.7. The number of amides is 2. The molecular weight excluding hydrogens is 483 g/mol. The van der Waals surface area contributed by atoms with Gasteiger partial charge in [-0.15, -0.1) is 10.2 Å². The van der Waals surface area contributed by atoms with Gasteiger partial charge in [0.1, 0.15) is 5.01 Å². The normalized spacial score (nSPS) is 13.6. The molecule has 0 radical (unpaired) electrons. The fourth-order valence-electron chi connectivity index (χ4n) is 4.29. The minimum absolute atomic E-state index is 0.0641. The highest BCUT2D eigenvalue weighted by Crippen LogP contribution is 2.28.